The van der Waals surface area contributed by atoms with E-state index in [0.29, 0.717) is 23.3 Å². The molecule has 5 nitrogen and oxygen atoms in total. The van der Waals surface area contributed by atoms with Crippen LogP contribution < -0.4 is 0 Å². The lowest BCUT2D eigenvalue weighted by atomic mass is 10.2. The van der Waals surface area contributed by atoms with Gasteiger partial charge in [0.15, 0.2) is 11.0 Å². The van der Waals surface area contributed by atoms with Crippen molar-refractivity contribution in [3.8, 4) is 11.4 Å². The molecule has 0 aliphatic rings. The molecule has 1 aromatic carbocycles. The molecule has 0 radical (unpaired) electrons. The van der Waals surface area contributed by atoms with Crippen LogP contribution >= 0.6 is 23.1 Å². The van der Waals surface area contributed by atoms with Gasteiger partial charge in [-0.3, -0.25) is 0 Å². The molecule has 2 heterocycles. The molecule has 1 atom stereocenters. The first kappa shape index (κ1) is 18.1. The van der Waals surface area contributed by atoms with Gasteiger partial charge < -0.3 is 14.4 Å². The van der Waals surface area contributed by atoms with Gasteiger partial charge in [0, 0.05) is 23.2 Å². The first-order valence-corrected chi connectivity index (χ1v) is 9.56. The number of halogens is 1. The Balaban J connectivity index is 1.50. The fourth-order valence-corrected chi connectivity index (χ4v) is 3.66. The van der Waals surface area contributed by atoms with Gasteiger partial charge in [-0.05, 0) is 35.7 Å². The number of thioether (sulfide) groups is 1. The highest BCUT2D eigenvalue weighted by Gasteiger charge is 2.13. The third-order valence-electron chi connectivity index (χ3n) is 3.48. The van der Waals surface area contributed by atoms with E-state index in [9.17, 15) is 9.50 Å². The highest BCUT2D eigenvalue weighted by Crippen LogP contribution is 2.23. The van der Waals surface area contributed by atoms with E-state index in [-0.39, 0.29) is 12.4 Å². The third kappa shape index (κ3) is 4.88. The lowest BCUT2D eigenvalue weighted by Gasteiger charge is -2.10. The van der Waals surface area contributed by atoms with E-state index in [0.717, 1.165) is 10.4 Å². The van der Waals surface area contributed by atoms with Gasteiger partial charge in [-0.1, -0.05) is 17.8 Å². The number of aliphatic hydroxyl groups excluding tert-OH is 1. The summed E-state index contributed by atoms with van der Waals surface area (Å²) in [4.78, 5) is 1.14. The highest BCUT2D eigenvalue weighted by atomic mass is 32.2. The summed E-state index contributed by atoms with van der Waals surface area (Å²) in [6, 6.07) is 10.1. The Hall–Kier alpha value is -1.74. The Bertz CT molecular complexity index is 791. The van der Waals surface area contributed by atoms with Crippen LogP contribution in [0, 0.1) is 5.82 Å². The molecule has 3 rings (SSSR count). The summed E-state index contributed by atoms with van der Waals surface area (Å²) in [7, 11) is 1.85. The molecule has 2 aromatic heterocycles. The number of benzene rings is 1. The van der Waals surface area contributed by atoms with E-state index >= 15 is 0 Å². The third-order valence-corrected chi connectivity index (χ3v) is 5.49. The number of rotatable bonds is 8. The monoisotopic (exact) mass is 379 g/mol. The van der Waals surface area contributed by atoms with Gasteiger partial charge in [-0.25, -0.2) is 4.39 Å². The van der Waals surface area contributed by atoms with E-state index in [1.807, 2.05) is 29.1 Å². The molecule has 0 saturated heterocycles. The zero-order chi connectivity index (χ0) is 17.6. The second-order valence-corrected chi connectivity index (χ2v) is 7.45. The Morgan fingerprint density at radius 1 is 1.28 bits per heavy atom. The Labute approximate surface area is 153 Å². The number of aromatic nitrogens is 3. The molecule has 3 aromatic rings. The second kappa shape index (κ2) is 8.57. The van der Waals surface area contributed by atoms with Gasteiger partial charge in [-0.2, -0.15) is 0 Å². The van der Waals surface area contributed by atoms with Crippen molar-refractivity contribution in [2.24, 2.45) is 7.05 Å². The predicted octanol–water partition coefficient (Wildman–Crippen LogP) is 3.35. The lowest BCUT2D eigenvalue weighted by Crippen LogP contribution is -2.18. The SMILES string of the molecule is Cn1c(SC[C@H](O)COCc2cccs2)nnc1-c1ccc(F)cc1. The van der Waals surface area contributed by atoms with Crippen LogP contribution in [-0.2, 0) is 18.4 Å². The normalized spacial score (nSPS) is 12.4. The molecule has 0 aliphatic heterocycles. The van der Waals surface area contributed by atoms with Crippen LogP contribution in [0.4, 0.5) is 4.39 Å². The average Bonchev–Trinajstić information content (AvgIpc) is 3.24. The number of hydrogen-bond acceptors (Lipinski definition) is 6. The fraction of sp³-hybridized carbons (Fsp3) is 0.294. The van der Waals surface area contributed by atoms with E-state index in [2.05, 4.69) is 10.2 Å². The largest absolute Gasteiger partial charge is 0.390 e. The quantitative estimate of drug-likeness (QED) is 0.608. The predicted molar refractivity (Wildman–Crippen MR) is 97.1 cm³/mol. The summed E-state index contributed by atoms with van der Waals surface area (Å²) in [6.45, 7) is 0.783. The van der Waals surface area contributed by atoms with Gasteiger partial charge in [0.1, 0.15) is 5.82 Å². The molecule has 1 N–H and O–H groups in total. The maximum atomic E-state index is 13.0. The molecule has 132 valence electrons. The van der Waals surface area contributed by atoms with Crippen LogP contribution in [0.3, 0.4) is 0 Å². The fourth-order valence-electron chi connectivity index (χ4n) is 2.20. The van der Waals surface area contributed by atoms with Crippen LogP contribution in [0.25, 0.3) is 11.4 Å². The van der Waals surface area contributed by atoms with Crippen LogP contribution in [0.5, 0.6) is 0 Å². The first-order valence-electron chi connectivity index (χ1n) is 7.70. The van der Waals surface area contributed by atoms with Crippen LogP contribution in [0.15, 0.2) is 46.9 Å². The molecule has 0 bridgehead atoms. The van der Waals surface area contributed by atoms with Crippen molar-refractivity contribution in [1.82, 2.24) is 14.8 Å². The first-order chi connectivity index (χ1) is 12.1. The zero-order valence-electron chi connectivity index (χ0n) is 13.6. The minimum Gasteiger partial charge on any atom is -0.390 e. The van der Waals surface area contributed by atoms with Crippen molar-refractivity contribution < 1.29 is 14.2 Å². The minimum atomic E-state index is -0.587. The number of nitrogens with zero attached hydrogens (tertiary/aromatic N) is 3. The minimum absolute atomic E-state index is 0.271. The van der Waals surface area contributed by atoms with E-state index < -0.39 is 6.10 Å². The molecule has 0 aliphatic carbocycles. The van der Waals surface area contributed by atoms with Gasteiger partial charge in [0.25, 0.3) is 0 Å². The van der Waals surface area contributed by atoms with Crippen molar-refractivity contribution in [2.45, 2.75) is 17.9 Å². The molecule has 0 spiro atoms. The van der Waals surface area contributed by atoms with Crippen LogP contribution in [0.1, 0.15) is 4.88 Å². The molecule has 25 heavy (non-hydrogen) atoms. The van der Waals surface area contributed by atoms with Gasteiger partial charge >= 0.3 is 0 Å². The Morgan fingerprint density at radius 2 is 2.08 bits per heavy atom. The van der Waals surface area contributed by atoms with Crippen molar-refractivity contribution in [1.29, 1.82) is 0 Å². The lowest BCUT2D eigenvalue weighted by molar-refractivity contribution is 0.0408. The summed E-state index contributed by atoms with van der Waals surface area (Å²) < 4.78 is 20.4. The second-order valence-electron chi connectivity index (χ2n) is 5.43. The Morgan fingerprint density at radius 3 is 2.80 bits per heavy atom. The highest BCUT2D eigenvalue weighted by molar-refractivity contribution is 7.99. The van der Waals surface area contributed by atoms with E-state index in [1.54, 1.807) is 23.5 Å². The van der Waals surface area contributed by atoms with Crippen molar-refractivity contribution in [3.63, 3.8) is 0 Å². The zero-order valence-corrected chi connectivity index (χ0v) is 15.3. The van der Waals surface area contributed by atoms with Crippen LogP contribution in [-0.4, -0.2) is 38.3 Å². The number of thiophene rings is 1. The summed E-state index contributed by atoms with van der Waals surface area (Å²) in [5, 5.41) is 21.0. The van der Waals surface area contributed by atoms with Crippen molar-refractivity contribution >= 4 is 23.1 Å². The van der Waals surface area contributed by atoms with Gasteiger partial charge in [-0.15, -0.1) is 21.5 Å². The smallest absolute Gasteiger partial charge is 0.191 e. The topological polar surface area (TPSA) is 60.2 Å². The molecule has 0 amide bonds. The summed E-state index contributed by atoms with van der Waals surface area (Å²) in [6.07, 6.45) is -0.587. The summed E-state index contributed by atoms with van der Waals surface area (Å²) >= 11 is 3.04. The van der Waals surface area contributed by atoms with E-state index in [4.69, 9.17) is 4.74 Å². The Kier molecular flexibility index (Phi) is 6.19. The molecular weight excluding hydrogens is 361 g/mol. The van der Waals surface area contributed by atoms with Crippen molar-refractivity contribution in [2.75, 3.05) is 12.4 Å². The summed E-state index contributed by atoms with van der Waals surface area (Å²) in [5.41, 5.74) is 0.795. The van der Waals surface area contributed by atoms with Crippen LogP contribution in [0.2, 0.25) is 0 Å². The number of hydrogen-bond donors (Lipinski definition) is 1. The van der Waals surface area contributed by atoms with Gasteiger partial charge in [0.2, 0.25) is 0 Å². The molecular formula is C17H18FN3O2S2. The number of aliphatic hydroxyl groups is 1. The standard InChI is InChI=1S/C17H18FN3O2S2/c1-21-16(12-4-6-13(18)7-5-12)19-20-17(21)25-11-14(22)9-23-10-15-3-2-8-24-15/h2-8,14,22H,9-11H2,1H3/t14-/m1/s1. The maximum Gasteiger partial charge on any atom is 0.191 e. The average molecular weight is 379 g/mol. The molecule has 0 unspecified atom stereocenters. The summed E-state index contributed by atoms with van der Waals surface area (Å²) in [5.74, 6) is 0.831. The van der Waals surface area contributed by atoms with Gasteiger partial charge in [0.05, 0.1) is 19.3 Å². The molecule has 0 fully saturated rings. The van der Waals surface area contributed by atoms with Crippen molar-refractivity contribution in [3.05, 3.63) is 52.5 Å². The molecule has 0 saturated carbocycles. The molecule has 8 heteroatoms. The maximum absolute atomic E-state index is 13.0. The van der Waals surface area contributed by atoms with E-state index in [1.165, 1.54) is 23.9 Å². The number of ether oxygens (including phenoxy) is 1.